The SMILES string of the molecule is NNc1ccc([N+](=O)[O-])cc1S(=O)(=O)NC1CCSCC1. The van der Waals surface area contributed by atoms with Gasteiger partial charge in [-0.2, -0.15) is 11.8 Å². The zero-order valence-corrected chi connectivity index (χ0v) is 12.7. The fraction of sp³-hybridized carbons (Fsp3) is 0.455. The summed E-state index contributed by atoms with van der Waals surface area (Å²) in [6.45, 7) is 0. The number of hydrazine groups is 1. The van der Waals surface area contributed by atoms with Crippen LogP contribution >= 0.6 is 11.8 Å². The van der Waals surface area contributed by atoms with Crippen LogP contribution < -0.4 is 16.0 Å². The number of anilines is 1. The van der Waals surface area contributed by atoms with E-state index >= 15 is 0 Å². The summed E-state index contributed by atoms with van der Waals surface area (Å²) in [4.78, 5) is 9.95. The van der Waals surface area contributed by atoms with Crippen LogP contribution in [-0.4, -0.2) is 30.9 Å². The third-order valence-electron chi connectivity index (χ3n) is 3.16. The third kappa shape index (κ3) is 3.84. The van der Waals surface area contributed by atoms with Crippen LogP contribution in [0.3, 0.4) is 0 Å². The van der Waals surface area contributed by atoms with E-state index in [0.717, 1.165) is 30.4 Å². The summed E-state index contributed by atoms with van der Waals surface area (Å²) >= 11 is 1.78. The van der Waals surface area contributed by atoms with Crippen molar-refractivity contribution in [3.05, 3.63) is 28.3 Å². The highest BCUT2D eigenvalue weighted by molar-refractivity contribution is 7.99. The third-order valence-corrected chi connectivity index (χ3v) is 5.77. The monoisotopic (exact) mass is 332 g/mol. The first kappa shape index (κ1) is 16.0. The molecule has 1 heterocycles. The Hall–Kier alpha value is -1.36. The summed E-state index contributed by atoms with van der Waals surface area (Å²) in [7, 11) is -3.86. The number of rotatable bonds is 5. The molecule has 0 amide bonds. The molecule has 0 radical (unpaired) electrons. The van der Waals surface area contributed by atoms with Crippen LogP contribution in [0.2, 0.25) is 0 Å². The van der Waals surface area contributed by atoms with Crippen molar-refractivity contribution in [2.75, 3.05) is 16.9 Å². The number of nitrogens with two attached hydrogens (primary N) is 1. The van der Waals surface area contributed by atoms with Crippen molar-refractivity contribution in [3.63, 3.8) is 0 Å². The van der Waals surface area contributed by atoms with Gasteiger partial charge in [0.2, 0.25) is 10.0 Å². The maximum absolute atomic E-state index is 12.4. The topological polar surface area (TPSA) is 127 Å². The molecule has 2 rings (SSSR count). The number of hydrogen-bond donors (Lipinski definition) is 3. The number of sulfonamides is 1. The highest BCUT2D eigenvalue weighted by Crippen LogP contribution is 2.27. The van der Waals surface area contributed by atoms with Gasteiger partial charge in [-0.3, -0.25) is 16.0 Å². The van der Waals surface area contributed by atoms with Crippen LogP contribution in [0.25, 0.3) is 0 Å². The molecule has 4 N–H and O–H groups in total. The Morgan fingerprint density at radius 3 is 2.57 bits per heavy atom. The van der Waals surface area contributed by atoms with E-state index in [9.17, 15) is 18.5 Å². The zero-order valence-electron chi connectivity index (χ0n) is 11.1. The molecule has 116 valence electrons. The van der Waals surface area contributed by atoms with E-state index in [4.69, 9.17) is 5.84 Å². The second kappa shape index (κ2) is 6.60. The van der Waals surface area contributed by atoms with Gasteiger partial charge in [0.25, 0.3) is 5.69 Å². The number of non-ortho nitro benzene ring substituents is 1. The summed E-state index contributed by atoms with van der Waals surface area (Å²) < 4.78 is 27.4. The predicted molar refractivity (Wildman–Crippen MR) is 81.6 cm³/mol. The molecular formula is C11H16N4O4S2. The van der Waals surface area contributed by atoms with Gasteiger partial charge >= 0.3 is 0 Å². The summed E-state index contributed by atoms with van der Waals surface area (Å²) in [5.74, 6) is 7.08. The smallest absolute Gasteiger partial charge is 0.270 e. The number of nitro groups is 1. The van der Waals surface area contributed by atoms with Crippen molar-refractivity contribution >= 4 is 33.2 Å². The molecule has 0 atom stereocenters. The van der Waals surface area contributed by atoms with E-state index in [0.29, 0.717) is 0 Å². The van der Waals surface area contributed by atoms with E-state index in [1.807, 2.05) is 0 Å². The van der Waals surface area contributed by atoms with Gasteiger partial charge in [-0.05, 0) is 30.4 Å². The molecular weight excluding hydrogens is 316 g/mol. The van der Waals surface area contributed by atoms with Crippen molar-refractivity contribution in [2.24, 2.45) is 5.84 Å². The van der Waals surface area contributed by atoms with E-state index in [2.05, 4.69) is 10.1 Å². The summed E-state index contributed by atoms with van der Waals surface area (Å²) in [6, 6.07) is 3.34. The highest BCUT2D eigenvalue weighted by atomic mass is 32.2. The van der Waals surface area contributed by atoms with Gasteiger partial charge in [0.15, 0.2) is 0 Å². The molecule has 0 saturated carbocycles. The fourth-order valence-corrected chi connectivity index (χ4v) is 4.66. The first-order valence-electron chi connectivity index (χ1n) is 6.29. The molecule has 1 fully saturated rings. The summed E-state index contributed by atoms with van der Waals surface area (Å²) in [5.41, 5.74) is 2.08. The number of nitrogen functional groups attached to an aromatic ring is 1. The Bertz CT molecular complexity index is 629. The molecule has 10 heteroatoms. The lowest BCUT2D eigenvalue weighted by Gasteiger charge is -2.22. The number of hydrogen-bond acceptors (Lipinski definition) is 7. The zero-order chi connectivity index (χ0) is 15.5. The Morgan fingerprint density at radius 1 is 1.33 bits per heavy atom. The van der Waals surface area contributed by atoms with Crippen molar-refractivity contribution in [1.82, 2.24) is 4.72 Å². The van der Waals surface area contributed by atoms with Gasteiger partial charge in [-0.25, -0.2) is 13.1 Å². The Balaban J connectivity index is 2.32. The van der Waals surface area contributed by atoms with Crippen molar-refractivity contribution < 1.29 is 13.3 Å². The quantitative estimate of drug-likeness (QED) is 0.418. The lowest BCUT2D eigenvalue weighted by molar-refractivity contribution is -0.385. The minimum Gasteiger partial charge on any atom is -0.323 e. The van der Waals surface area contributed by atoms with E-state index in [1.165, 1.54) is 12.1 Å². The van der Waals surface area contributed by atoms with Crippen molar-refractivity contribution in [1.29, 1.82) is 0 Å². The predicted octanol–water partition coefficient (Wildman–Crippen LogP) is 1.05. The number of nitro benzene ring substituents is 1. The molecule has 0 spiro atoms. The first-order valence-corrected chi connectivity index (χ1v) is 8.93. The molecule has 1 aliphatic rings. The molecule has 0 bridgehead atoms. The minimum atomic E-state index is -3.86. The standard InChI is InChI=1S/C11H16N4O4S2/c12-13-10-2-1-9(15(16)17)7-11(10)21(18,19)14-8-3-5-20-6-4-8/h1-2,7-8,13-14H,3-6,12H2. The number of nitrogens with one attached hydrogen (secondary N) is 2. The average molecular weight is 332 g/mol. The van der Waals surface area contributed by atoms with E-state index in [-0.39, 0.29) is 22.3 Å². The molecule has 0 aliphatic carbocycles. The second-order valence-corrected chi connectivity index (χ2v) is 7.50. The first-order chi connectivity index (χ1) is 9.94. The number of benzene rings is 1. The average Bonchev–Trinajstić information content (AvgIpc) is 2.47. The van der Waals surface area contributed by atoms with Gasteiger partial charge in [-0.15, -0.1) is 0 Å². The van der Waals surface area contributed by atoms with Crippen LogP contribution in [0.4, 0.5) is 11.4 Å². The molecule has 0 aromatic heterocycles. The van der Waals surface area contributed by atoms with Crippen LogP contribution in [0.5, 0.6) is 0 Å². The van der Waals surface area contributed by atoms with Crippen molar-refractivity contribution in [2.45, 2.75) is 23.8 Å². The summed E-state index contributed by atoms with van der Waals surface area (Å²) in [6.07, 6.45) is 1.48. The molecule has 1 aromatic rings. The van der Waals surface area contributed by atoms with Crippen LogP contribution in [-0.2, 0) is 10.0 Å². The van der Waals surface area contributed by atoms with Gasteiger partial charge in [0.05, 0.1) is 10.6 Å². The highest BCUT2D eigenvalue weighted by Gasteiger charge is 2.26. The van der Waals surface area contributed by atoms with Crippen LogP contribution in [0.15, 0.2) is 23.1 Å². The Morgan fingerprint density at radius 2 is 2.00 bits per heavy atom. The van der Waals surface area contributed by atoms with Gasteiger partial charge < -0.3 is 5.43 Å². The van der Waals surface area contributed by atoms with Crippen LogP contribution in [0, 0.1) is 10.1 Å². The second-order valence-electron chi connectivity index (χ2n) is 4.59. The van der Waals surface area contributed by atoms with Gasteiger partial charge in [-0.1, -0.05) is 0 Å². The lowest BCUT2D eigenvalue weighted by Crippen LogP contribution is -2.37. The lowest BCUT2D eigenvalue weighted by atomic mass is 10.2. The fourth-order valence-electron chi connectivity index (χ4n) is 2.06. The molecule has 1 aliphatic heterocycles. The maximum Gasteiger partial charge on any atom is 0.270 e. The maximum atomic E-state index is 12.4. The Kier molecular flexibility index (Phi) is 5.04. The van der Waals surface area contributed by atoms with Gasteiger partial charge in [0.1, 0.15) is 4.90 Å². The molecule has 1 aromatic carbocycles. The molecule has 1 saturated heterocycles. The largest absolute Gasteiger partial charge is 0.323 e. The summed E-state index contributed by atoms with van der Waals surface area (Å²) in [5, 5.41) is 10.8. The number of thioether (sulfide) groups is 1. The van der Waals surface area contributed by atoms with E-state index < -0.39 is 14.9 Å². The van der Waals surface area contributed by atoms with Crippen LogP contribution in [0.1, 0.15) is 12.8 Å². The Labute approximate surface area is 126 Å². The number of nitrogens with zero attached hydrogens (tertiary/aromatic N) is 1. The van der Waals surface area contributed by atoms with Gasteiger partial charge in [0, 0.05) is 18.2 Å². The van der Waals surface area contributed by atoms with Crippen molar-refractivity contribution in [3.8, 4) is 0 Å². The molecule has 0 unspecified atom stereocenters. The normalized spacial score (nSPS) is 16.6. The van der Waals surface area contributed by atoms with E-state index in [1.54, 1.807) is 11.8 Å². The molecule has 21 heavy (non-hydrogen) atoms. The minimum absolute atomic E-state index is 0.123. The molecule has 8 nitrogen and oxygen atoms in total.